The lowest BCUT2D eigenvalue weighted by atomic mass is 9.97. The molecule has 2 rings (SSSR count). The molecule has 1 heterocycles. The third-order valence-electron chi connectivity index (χ3n) is 4.38. The Morgan fingerprint density at radius 2 is 1.88 bits per heavy atom. The fourth-order valence-corrected chi connectivity index (χ4v) is 2.94. The van der Waals surface area contributed by atoms with E-state index >= 15 is 0 Å². The Kier molecular flexibility index (Phi) is 7.40. The Morgan fingerprint density at radius 1 is 1.24 bits per heavy atom. The number of aliphatic hydroxyl groups is 1. The fourth-order valence-electron chi connectivity index (χ4n) is 2.94. The van der Waals surface area contributed by atoms with Gasteiger partial charge in [0, 0.05) is 12.1 Å². The van der Waals surface area contributed by atoms with Gasteiger partial charge in [0.05, 0.1) is 12.5 Å². The highest BCUT2D eigenvalue weighted by molar-refractivity contribution is 5.94. The maximum absolute atomic E-state index is 11.7. The number of hydrogen-bond donors (Lipinski definition) is 1. The number of ketones is 1. The summed E-state index contributed by atoms with van der Waals surface area (Å²) in [6, 6.07) is 6.89. The molecule has 0 unspecified atom stereocenters. The molecule has 0 aliphatic carbocycles. The van der Waals surface area contributed by atoms with Crippen molar-refractivity contribution >= 4 is 11.8 Å². The zero-order valence-electron chi connectivity index (χ0n) is 14.9. The zero-order valence-corrected chi connectivity index (χ0v) is 14.9. The number of aliphatic hydroxyl groups excluding tert-OH is 1. The number of piperidine rings is 1. The number of carbonyl (C=O) groups is 2. The molecule has 0 bridgehead atoms. The molecule has 6 nitrogen and oxygen atoms in total. The summed E-state index contributed by atoms with van der Waals surface area (Å²) >= 11 is 0. The average molecular weight is 349 g/mol. The molecule has 0 amide bonds. The third-order valence-corrected chi connectivity index (χ3v) is 4.38. The minimum atomic E-state index is -0.605. The van der Waals surface area contributed by atoms with Crippen LogP contribution in [-0.2, 0) is 9.53 Å². The first-order valence-corrected chi connectivity index (χ1v) is 8.80. The summed E-state index contributed by atoms with van der Waals surface area (Å²) in [5.74, 6) is 0.507. The second-order valence-electron chi connectivity index (χ2n) is 6.37. The Bertz CT molecular complexity index is 564. The lowest BCUT2D eigenvalue weighted by Crippen LogP contribution is -2.42. The van der Waals surface area contributed by atoms with E-state index in [1.54, 1.807) is 24.3 Å². The maximum Gasteiger partial charge on any atom is 0.309 e. The fraction of sp³-hybridized carbons (Fsp3) is 0.579. The zero-order chi connectivity index (χ0) is 18.2. The van der Waals surface area contributed by atoms with Crippen LogP contribution in [0.25, 0.3) is 0 Å². The van der Waals surface area contributed by atoms with E-state index in [1.165, 1.54) is 6.92 Å². The molecule has 1 aliphatic heterocycles. The quantitative estimate of drug-likeness (QED) is 0.571. The molecule has 1 aromatic carbocycles. The van der Waals surface area contributed by atoms with Crippen molar-refractivity contribution in [1.82, 2.24) is 4.90 Å². The van der Waals surface area contributed by atoms with Crippen LogP contribution >= 0.6 is 0 Å². The molecule has 0 saturated carbocycles. The summed E-state index contributed by atoms with van der Waals surface area (Å²) in [7, 11) is 0. The molecule has 0 aromatic heterocycles. The van der Waals surface area contributed by atoms with Crippen LogP contribution in [-0.4, -0.2) is 60.7 Å². The first-order chi connectivity index (χ1) is 12.0. The summed E-state index contributed by atoms with van der Waals surface area (Å²) in [4.78, 5) is 25.1. The van der Waals surface area contributed by atoms with Gasteiger partial charge >= 0.3 is 5.97 Å². The van der Waals surface area contributed by atoms with Gasteiger partial charge in [-0.2, -0.15) is 0 Å². The summed E-state index contributed by atoms with van der Waals surface area (Å²) in [5.41, 5.74) is 0.636. The molecular formula is C19H27NO5. The minimum Gasteiger partial charge on any atom is -0.491 e. The second kappa shape index (κ2) is 9.53. The number of esters is 1. The number of nitrogens with zero attached hydrogens (tertiary/aromatic N) is 1. The van der Waals surface area contributed by atoms with Gasteiger partial charge in [-0.3, -0.25) is 9.59 Å². The number of ether oxygens (including phenoxy) is 2. The molecule has 1 aromatic rings. The maximum atomic E-state index is 11.7. The van der Waals surface area contributed by atoms with Crippen LogP contribution in [0.5, 0.6) is 5.75 Å². The van der Waals surface area contributed by atoms with Gasteiger partial charge in [0.2, 0.25) is 0 Å². The Balaban J connectivity index is 1.69. The third kappa shape index (κ3) is 6.14. The highest BCUT2D eigenvalue weighted by Crippen LogP contribution is 2.19. The van der Waals surface area contributed by atoms with Crippen molar-refractivity contribution in [2.24, 2.45) is 5.92 Å². The normalized spacial score (nSPS) is 17.1. The van der Waals surface area contributed by atoms with E-state index in [0.717, 1.165) is 25.9 Å². The van der Waals surface area contributed by atoms with Crippen LogP contribution in [0.4, 0.5) is 0 Å². The van der Waals surface area contributed by atoms with Crippen molar-refractivity contribution in [2.75, 3.05) is 32.8 Å². The van der Waals surface area contributed by atoms with E-state index in [2.05, 4.69) is 4.90 Å². The molecule has 1 N–H and O–H groups in total. The number of β-amino-alcohol motifs (C(OH)–C–C–N with tert-alkyl or cyclic N) is 1. The van der Waals surface area contributed by atoms with Crippen molar-refractivity contribution in [3.63, 3.8) is 0 Å². The van der Waals surface area contributed by atoms with Crippen molar-refractivity contribution in [3.8, 4) is 5.75 Å². The molecule has 0 radical (unpaired) electrons. The SMILES string of the molecule is CCOC(=O)C1CCN(C[C@H](O)COc2ccc(C(C)=O)cc2)CC1. The highest BCUT2D eigenvalue weighted by atomic mass is 16.5. The molecule has 138 valence electrons. The monoisotopic (exact) mass is 349 g/mol. The topological polar surface area (TPSA) is 76.1 Å². The average Bonchev–Trinajstić information content (AvgIpc) is 2.61. The summed E-state index contributed by atoms with van der Waals surface area (Å²) in [6.07, 6.45) is 0.921. The second-order valence-corrected chi connectivity index (χ2v) is 6.37. The summed E-state index contributed by atoms with van der Waals surface area (Å²) < 4.78 is 10.6. The van der Waals surface area contributed by atoms with E-state index in [0.29, 0.717) is 24.5 Å². The van der Waals surface area contributed by atoms with Crippen LogP contribution in [0.1, 0.15) is 37.0 Å². The van der Waals surface area contributed by atoms with Crippen molar-refractivity contribution in [3.05, 3.63) is 29.8 Å². The number of rotatable bonds is 8. The number of hydrogen-bond acceptors (Lipinski definition) is 6. The predicted octanol–water partition coefficient (Wildman–Crippen LogP) is 1.90. The molecule has 1 aliphatic rings. The molecule has 25 heavy (non-hydrogen) atoms. The van der Waals surface area contributed by atoms with Gasteiger partial charge in [0.15, 0.2) is 5.78 Å². The first kappa shape index (κ1) is 19.4. The van der Waals surface area contributed by atoms with E-state index in [4.69, 9.17) is 9.47 Å². The van der Waals surface area contributed by atoms with Gasteiger partial charge in [-0.25, -0.2) is 0 Å². The number of Topliss-reactive ketones (excluding diaryl/α,β-unsaturated/α-hetero) is 1. The van der Waals surface area contributed by atoms with Crippen molar-refractivity contribution in [2.45, 2.75) is 32.8 Å². The van der Waals surface area contributed by atoms with Crippen LogP contribution in [0.3, 0.4) is 0 Å². The number of carbonyl (C=O) groups excluding carboxylic acids is 2. The van der Waals surface area contributed by atoms with E-state index in [1.807, 2.05) is 6.92 Å². The van der Waals surface area contributed by atoms with Gasteiger partial charge in [-0.05, 0) is 64.0 Å². The molecule has 1 saturated heterocycles. The lowest BCUT2D eigenvalue weighted by molar-refractivity contribution is -0.149. The van der Waals surface area contributed by atoms with E-state index in [9.17, 15) is 14.7 Å². The van der Waals surface area contributed by atoms with Crippen LogP contribution in [0.2, 0.25) is 0 Å². The van der Waals surface area contributed by atoms with Gasteiger partial charge in [0.25, 0.3) is 0 Å². The highest BCUT2D eigenvalue weighted by Gasteiger charge is 2.26. The number of likely N-dealkylation sites (tertiary alicyclic amines) is 1. The summed E-state index contributed by atoms with van der Waals surface area (Å²) in [5, 5.41) is 10.2. The first-order valence-electron chi connectivity index (χ1n) is 8.80. The lowest BCUT2D eigenvalue weighted by Gasteiger charge is -2.32. The predicted molar refractivity (Wildman–Crippen MR) is 93.7 cm³/mol. The van der Waals surface area contributed by atoms with Crippen LogP contribution < -0.4 is 4.74 Å². The number of benzene rings is 1. The smallest absolute Gasteiger partial charge is 0.309 e. The molecular weight excluding hydrogens is 322 g/mol. The Labute approximate surface area is 148 Å². The van der Waals surface area contributed by atoms with Crippen molar-refractivity contribution in [1.29, 1.82) is 0 Å². The van der Waals surface area contributed by atoms with Gasteiger partial charge in [-0.15, -0.1) is 0 Å². The Morgan fingerprint density at radius 3 is 2.44 bits per heavy atom. The molecule has 0 spiro atoms. The van der Waals surface area contributed by atoms with Crippen LogP contribution in [0.15, 0.2) is 24.3 Å². The minimum absolute atomic E-state index is 0.0119. The van der Waals surface area contributed by atoms with Crippen LogP contribution in [0, 0.1) is 5.92 Å². The largest absolute Gasteiger partial charge is 0.491 e. The van der Waals surface area contributed by atoms with E-state index < -0.39 is 6.10 Å². The molecule has 1 fully saturated rings. The van der Waals surface area contributed by atoms with Gasteiger partial charge in [-0.1, -0.05) is 0 Å². The Hall–Kier alpha value is -1.92. The van der Waals surface area contributed by atoms with E-state index in [-0.39, 0.29) is 24.3 Å². The van der Waals surface area contributed by atoms with Gasteiger partial charge in [0.1, 0.15) is 18.5 Å². The standard InChI is InChI=1S/C19H27NO5/c1-3-24-19(23)16-8-10-20(11-9-16)12-17(22)13-25-18-6-4-15(5-7-18)14(2)21/h4-7,16-17,22H,3,8-13H2,1-2H3/t17-/m0/s1. The summed E-state index contributed by atoms with van der Waals surface area (Å²) in [6.45, 7) is 6.00. The van der Waals surface area contributed by atoms with Crippen molar-refractivity contribution < 1.29 is 24.2 Å². The van der Waals surface area contributed by atoms with Gasteiger partial charge < -0.3 is 19.5 Å². The molecule has 1 atom stereocenters. The molecule has 6 heteroatoms.